The van der Waals surface area contributed by atoms with Gasteiger partial charge in [-0.25, -0.2) is 0 Å². The van der Waals surface area contributed by atoms with Gasteiger partial charge >= 0.3 is 0 Å². The number of hydrogen-bond acceptors (Lipinski definition) is 3. The van der Waals surface area contributed by atoms with Gasteiger partial charge < -0.3 is 20.1 Å². The standard InChI is InChI=1S/C30H38N4O2.ClH/c1-21-20-31-27-19-24(9-10-26(21)27)28(35)32-30(2,25-7-5-4-6-8-25)29(36)34-17-13-23(14-18-34)22-11-15-33(3)16-12-22;/h4-10,19-20,22-23,31H,11-18H2,1-3H3,(H,32,35);1H/t30-;/m0./s1. The molecule has 1 aromatic heterocycles. The fourth-order valence-electron chi connectivity index (χ4n) is 6.12. The summed E-state index contributed by atoms with van der Waals surface area (Å²) in [5.74, 6) is 1.19. The third-order valence-corrected chi connectivity index (χ3v) is 8.55. The van der Waals surface area contributed by atoms with Gasteiger partial charge in [0.05, 0.1) is 0 Å². The van der Waals surface area contributed by atoms with Gasteiger partial charge in [-0.1, -0.05) is 36.4 Å². The summed E-state index contributed by atoms with van der Waals surface area (Å²) in [5.41, 5.74) is 2.27. The molecular formula is C30H39ClN4O2. The van der Waals surface area contributed by atoms with Crippen molar-refractivity contribution in [2.24, 2.45) is 11.8 Å². The van der Waals surface area contributed by atoms with Crippen molar-refractivity contribution in [3.8, 4) is 0 Å². The average molecular weight is 523 g/mol. The SMILES string of the molecule is Cc1c[nH]c2cc(C(=O)N[C@](C)(C(=O)N3CCC(C4CCN(C)CC4)CC3)c3ccccc3)ccc12.Cl. The van der Waals surface area contributed by atoms with Crippen molar-refractivity contribution in [1.29, 1.82) is 0 Å². The van der Waals surface area contributed by atoms with Crippen LogP contribution in [0, 0.1) is 18.8 Å². The fourth-order valence-corrected chi connectivity index (χ4v) is 6.12. The maximum Gasteiger partial charge on any atom is 0.252 e. The summed E-state index contributed by atoms with van der Waals surface area (Å²) in [6.07, 6.45) is 6.55. The highest BCUT2D eigenvalue weighted by atomic mass is 35.5. The monoisotopic (exact) mass is 522 g/mol. The van der Waals surface area contributed by atoms with E-state index in [4.69, 9.17) is 0 Å². The molecule has 0 spiro atoms. The number of aryl methyl sites for hydroxylation is 1. The van der Waals surface area contributed by atoms with Gasteiger partial charge in [0.15, 0.2) is 0 Å². The van der Waals surface area contributed by atoms with Gasteiger partial charge in [0.25, 0.3) is 11.8 Å². The number of halogens is 1. The van der Waals surface area contributed by atoms with E-state index >= 15 is 0 Å². The molecule has 0 unspecified atom stereocenters. The third kappa shape index (κ3) is 5.55. The van der Waals surface area contributed by atoms with E-state index < -0.39 is 5.54 Å². The molecule has 5 rings (SSSR count). The fraction of sp³-hybridized carbons (Fsp3) is 0.467. The molecule has 2 amide bonds. The Morgan fingerprint density at radius 1 is 0.946 bits per heavy atom. The van der Waals surface area contributed by atoms with Crippen LogP contribution >= 0.6 is 12.4 Å². The van der Waals surface area contributed by atoms with E-state index in [1.165, 1.54) is 25.9 Å². The molecule has 2 aliphatic heterocycles. The molecule has 6 nitrogen and oxygen atoms in total. The van der Waals surface area contributed by atoms with Gasteiger partial charge in [0.1, 0.15) is 5.54 Å². The van der Waals surface area contributed by atoms with Crippen molar-refractivity contribution in [3.63, 3.8) is 0 Å². The molecule has 0 saturated carbocycles. The number of hydrogen-bond donors (Lipinski definition) is 2. The zero-order chi connectivity index (χ0) is 25.3. The first-order valence-electron chi connectivity index (χ1n) is 13.3. The first kappa shape index (κ1) is 27.2. The first-order valence-corrected chi connectivity index (χ1v) is 13.3. The molecule has 0 radical (unpaired) electrons. The van der Waals surface area contributed by atoms with Crippen LogP contribution in [0.25, 0.3) is 10.9 Å². The smallest absolute Gasteiger partial charge is 0.252 e. The Morgan fingerprint density at radius 2 is 1.57 bits per heavy atom. The van der Waals surface area contributed by atoms with Crippen LogP contribution in [0.4, 0.5) is 0 Å². The molecule has 3 heterocycles. The number of carbonyl (C=O) groups excluding carboxylic acids is 2. The highest BCUT2D eigenvalue weighted by Gasteiger charge is 2.41. The number of H-pyrrole nitrogens is 1. The second-order valence-electron chi connectivity index (χ2n) is 10.9. The lowest BCUT2D eigenvalue weighted by Gasteiger charge is -2.42. The van der Waals surface area contributed by atoms with Crippen LogP contribution in [-0.2, 0) is 10.3 Å². The van der Waals surface area contributed by atoms with Gasteiger partial charge in [-0.3, -0.25) is 9.59 Å². The average Bonchev–Trinajstić information content (AvgIpc) is 3.29. The molecule has 198 valence electrons. The van der Waals surface area contributed by atoms with E-state index in [0.717, 1.165) is 53.9 Å². The maximum absolute atomic E-state index is 14.0. The molecule has 37 heavy (non-hydrogen) atoms. The largest absolute Gasteiger partial charge is 0.361 e. The molecule has 2 aromatic carbocycles. The number of carbonyl (C=O) groups is 2. The lowest BCUT2D eigenvalue weighted by atomic mass is 9.78. The van der Waals surface area contributed by atoms with Crippen molar-refractivity contribution in [3.05, 3.63) is 71.4 Å². The van der Waals surface area contributed by atoms with Crippen molar-refractivity contribution in [2.75, 3.05) is 33.2 Å². The Bertz CT molecular complexity index is 1230. The van der Waals surface area contributed by atoms with Crippen LogP contribution in [0.1, 0.15) is 54.1 Å². The predicted octanol–water partition coefficient (Wildman–Crippen LogP) is 5.12. The molecule has 3 aromatic rings. The number of rotatable bonds is 5. The van der Waals surface area contributed by atoms with Crippen LogP contribution in [0.2, 0.25) is 0 Å². The predicted molar refractivity (Wildman–Crippen MR) is 151 cm³/mol. The zero-order valence-electron chi connectivity index (χ0n) is 22.1. The maximum atomic E-state index is 14.0. The van der Waals surface area contributed by atoms with Crippen LogP contribution in [-0.4, -0.2) is 59.8 Å². The zero-order valence-corrected chi connectivity index (χ0v) is 22.9. The van der Waals surface area contributed by atoms with Crippen LogP contribution in [0.15, 0.2) is 54.7 Å². The van der Waals surface area contributed by atoms with Gasteiger partial charge in [0.2, 0.25) is 0 Å². The molecular weight excluding hydrogens is 484 g/mol. The number of fused-ring (bicyclic) bond motifs is 1. The van der Waals surface area contributed by atoms with Gasteiger partial charge in [-0.15, -0.1) is 12.4 Å². The van der Waals surface area contributed by atoms with Crippen LogP contribution < -0.4 is 5.32 Å². The summed E-state index contributed by atoms with van der Waals surface area (Å²) < 4.78 is 0. The Balaban J connectivity index is 0.00000320. The summed E-state index contributed by atoms with van der Waals surface area (Å²) in [4.78, 5) is 35.1. The lowest BCUT2D eigenvalue weighted by molar-refractivity contribution is -0.139. The van der Waals surface area contributed by atoms with E-state index in [1.54, 1.807) is 0 Å². The van der Waals surface area contributed by atoms with Gasteiger partial charge in [0, 0.05) is 35.8 Å². The Hall–Kier alpha value is -2.83. The summed E-state index contributed by atoms with van der Waals surface area (Å²) in [5, 5.41) is 4.22. The quantitative estimate of drug-likeness (QED) is 0.488. The molecule has 0 bridgehead atoms. The molecule has 7 heteroatoms. The number of nitrogens with zero attached hydrogens (tertiary/aromatic N) is 2. The summed E-state index contributed by atoms with van der Waals surface area (Å²) in [7, 11) is 2.20. The summed E-state index contributed by atoms with van der Waals surface area (Å²) in [6.45, 7) is 7.75. The molecule has 2 aliphatic rings. The van der Waals surface area contributed by atoms with Gasteiger partial charge in [-0.2, -0.15) is 0 Å². The molecule has 1 atom stereocenters. The van der Waals surface area contributed by atoms with Crippen LogP contribution in [0.5, 0.6) is 0 Å². The number of likely N-dealkylation sites (tertiary alicyclic amines) is 2. The van der Waals surface area contributed by atoms with E-state index in [-0.39, 0.29) is 24.2 Å². The highest BCUT2D eigenvalue weighted by molar-refractivity contribution is 6.02. The minimum Gasteiger partial charge on any atom is -0.361 e. The van der Waals surface area contributed by atoms with E-state index in [0.29, 0.717) is 11.5 Å². The minimum atomic E-state index is -1.14. The number of aromatic amines is 1. The first-order chi connectivity index (χ1) is 17.3. The number of piperidine rings is 2. The molecule has 2 fully saturated rings. The van der Waals surface area contributed by atoms with Crippen molar-refractivity contribution >= 4 is 35.1 Å². The van der Waals surface area contributed by atoms with E-state index in [9.17, 15) is 9.59 Å². The number of benzene rings is 2. The van der Waals surface area contributed by atoms with Crippen molar-refractivity contribution in [2.45, 2.75) is 45.1 Å². The number of amides is 2. The minimum absolute atomic E-state index is 0. The van der Waals surface area contributed by atoms with Crippen LogP contribution in [0.3, 0.4) is 0 Å². The molecule has 2 N–H and O–H groups in total. The number of aromatic nitrogens is 1. The number of nitrogens with one attached hydrogen (secondary N) is 2. The van der Waals surface area contributed by atoms with Crippen molar-refractivity contribution < 1.29 is 9.59 Å². The van der Waals surface area contributed by atoms with Crippen molar-refractivity contribution in [1.82, 2.24) is 20.1 Å². The second kappa shape index (κ2) is 11.3. The molecule has 0 aliphatic carbocycles. The Morgan fingerprint density at radius 3 is 2.22 bits per heavy atom. The Kier molecular flexibility index (Phi) is 8.29. The third-order valence-electron chi connectivity index (χ3n) is 8.55. The van der Waals surface area contributed by atoms with E-state index in [2.05, 4.69) is 22.2 Å². The van der Waals surface area contributed by atoms with E-state index in [1.807, 2.05) is 73.5 Å². The summed E-state index contributed by atoms with van der Waals surface area (Å²) in [6, 6.07) is 15.3. The molecule has 2 saturated heterocycles. The lowest BCUT2D eigenvalue weighted by Crippen LogP contribution is -2.57. The normalized spacial score (nSPS) is 19.3. The summed E-state index contributed by atoms with van der Waals surface area (Å²) >= 11 is 0. The topological polar surface area (TPSA) is 68.4 Å². The van der Waals surface area contributed by atoms with Gasteiger partial charge in [-0.05, 0) is 94.8 Å². The highest BCUT2D eigenvalue weighted by Crippen LogP contribution is 2.34. The Labute approximate surface area is 226 Å². The second-order valence-corrected chi connectivity index (χ2v) is 10.9.